The first kappa shape index (κ1) is 11.7. The number of nitrogens with zero attached hydrogens (tertiary/aromatic N) is 1. The van der Waals surface area contributed by atoms with E-state index in [0.29, 0.717) is 12.1 Å². The van der Waals surface area contributed by atoms with Crippen LogP contribution >= 0.6 is 0 Å². The number of hydrogen-bond acceptors (Lipinski definition) is 3. The molecule has 0 amide bonds. The van der Waals surface area contributed by atoms with Gasteiger partial charge in [0.2, 0.25) is 0 Å². The van der Waals surface area contributed by atoms with Crippen molar-refractivity contribution >= 4 is 0 Å². The summed E-state index contributed by atoms with van der Waals surface area (Å²) in [6.07, 6.45) is 9.89. The van der Waals surface area contributed by atoms with Crippen molar-refractivity contribution in [2.75, 3.05) is 7.05 Å². The van der Waals surface area contributed by atoms with E-state index >= 15 is 0 Å². The topological polar surface area (TPSA) is 42.4 Å². The fraction of sp³-hybridized carbons (Fsp3) is 0.692. The minimum atomic E-state index is 0.333. The molecule has 0 saturated heterocycles. The molecular weight excluding hydrogens is 200 g/mol. The van der Waals surface area contributed by atoms with Crippen LogP contribution in [0.25, 0.3) is 0 Å². The lowest BCUT2D eigenvalue weighted by atomic mass is 10.0. The van der Waals surface area contributed by atoms with E-state index in [1.54, 1.807) is 6.26 Å². The Bertz CT molecular complexity index is 297. The predicted molar refractivity (Wildman–Crippen MR) is 65.0 cm³/mol. The molecular formula is C13H22N2O. The van der Waals surface area contributed by atoms with Crippen molar-refractivity contribution in [3.8, 4) is 0 Å². The first-order valence-electron chi connectivity index (χ1n) is 6.24. The fourth-order valence-corrected chi connectivity index (χ4v) is 2.65. The predicted octanol–water partition coefficient (Wildman–Crippen LogP) is 2.37. The summed E-state index contributed by atoms with van der Waals surface area (Å²) in [5.41, 5.74) is 7.48. The Kier molecular flexibility index (Phi) is 4.02. The second-order valence-corrected chi connectivity index (χ2v) is 4.92. The second kappa shape index (κ2) is 5.51. The van der Waals surface area contributed by atoms with Crippen molar-refractivity contribution < 1.29 is 4.42 Å². The summed E-state index contributed by atoms with van der Waals surface area (Å²) in [4.78, 5) is 2.38. The maximum atomic E-state index is 6.24. The van der Waals surface area contributed by atoms with Crippen LogP contribution in [0.3, 0.4) is 0 Å². The molecule has 1 fully saturated rings. The number of nitrogens with two attached hydrogens (primary N) is 1. The van der Waals surface area contributed by atoms with Crippen LogP contribution in [0.5, 0.6) is 0 Å². The van der Waals surface area contributed by atoms with Gasteiger partial charge in [0, 0.05) is 24.2 Å². The fourth-order valence-electron chi connectivity index (χ4n) is 2.65. The summed E-state index contributed by atoms with van der Waals surface area (Å²) in [7, 11) is 2.17. The average molecular weight is 222 g/mol. The van der Waals surface area contributed by atoms with Crippen molar-refractivity contribution in [3.05, 3.63) is 24.2 Å². The smallest absolute Gasteiger partial charge is 0.0947 e. The van der Waals surface area contributed by atoms with E-state index in [4.69, 9.17) is 10.2 Å². The molecule has 0 aliphatic heterocycles. The zero-order valence-electron chi connectivity index (χ0n) is 10.1. The second-order valence-electron chi connectivity index (χ2n) is 4.92. The van der Waals surface area contributed by atoms with E-state index in [1.807, 2.05) is 12.3 Å². The molecule has 3 nitrogen and oxygen atoms in total. The third kappa shape index (κ3) is 2.86. The molecule has 1 aromatic heterocycles. The average Bonchev–Trinajstić information content (AvgIpc) is 2.66. The highest BCUT2D eigenvalue weighted by Gasteiger charge is 2.24. The summed E-state index contributed by atoms with van der Waals surface area (Å²) in [5, 5.41) is 0. The molecule has 1 saturated carbocycles. The molecule has 2 N–H and O–H groups in total. The van der Waals surface area contributed by atoms with Gasteiger partial charge in [-0.3, -0.25) is 4.90 Å². The highest BCUT2D eigenvalue weighted by atomic mass is 16.3. The van der Waals surface area contributed by atoms with Gasteiger partial charge in [-0.25, -0.2) is 0 Å². The molecule has 0 radical (unpaired) electrons. The molecule has 2 unspecified atom stereocenters. The zero-order valence-corrected chi connectivity index (χ0v) is 10.1. The molecule has 1 aliphatic carbocycles. The van der Waals surface area contributed by atoms with E-state index in [9.17, 15) is 0 Å². The molecule has 0 aromatic carbocycles. The number of likely N-dealkylation sites (N-methyl/N-ethyl adjacent to an activating group) is 1. The molecule has 0 spiro atoms. The van der Waals surface area contributed by atoms with Crippen molar-refractivity contribution in [2.24, 2.45) is 5.73 Å². The molecule has 2 atom stereocenters. The molecule has 1 heterocycles. The van der Waals surface area contributed by atoms with Crippen molar-refractivity contribution in [3.63, 3.8) is 0 Å². The lowest BCUT2D eigenvalue weighted by Gasteiger charge is -2.31. The highest BCUT2D eigenvalue weighted by molar-refractivity contribution is 5.05. The molecule has 0 bridgehead atoms. The van der Waals surface area contributed by atoms with Gasteiger partial charge < -0.3 is 10.2 Å². The Hall–Kier alpha value is -0.800. The minimum absolute atomic E-state index is 0.333. The third-order valence-electron chi connectivity index (χ3n) is 3.61. The van der Waals surface area contributed by atoms with Gasteiger partial charge >= 0.3 is 0 Å². The Morgan fingerprint density at radius 1 is 1.38 bits per heavy atom. The van der Waals surface area contributed by atoms with Crippen LogP contribution in [0.15, 0.2) is 23.0 Å². The van der Waals surface area contributed by atoms with Gasteiger partial charge in [-0.05, 0) is 26.0 Å². The molecule has 1 aliphatic rings. The van der Waals surface area contributed by atoms with Crippen LogP contribution in [0.4, 0.5) is 0 Å². The van der Waals surface area contributed by atoms with Crippen LogP contribution in [-0.2, 0) is 6.54 Å². The maximum absolute atomic E-state index is 6.24. The highest BCUT2D eigenvalue weighted by Crippen LogP contribution is 2.21. The number of furan rings is 1. The standard InChI is InChI=1S/C13H22N2O/c1-15(9-11-7-8-16-10-11)13-6-4-2-3-5-12(13)14/h7-8,10,12-13H,2-6,9,14H2,1H3. The van der Waals surface area contributed by atoms with E-state index < -0.39 is 0 Å². The lowest BCUT2D eigenvalue weighted by molar-refractivity contribution is 0.192. The van der Waals surface area contributed by atoms with Crippen LogP contribution in [0.1, 0.15) is 37.7 Å². The minimum Gasteiger partial charge on any atom is -0.472 e. The third-order valence-corrected chi connectivity index (χ3v) is 3.61. The first-order valence-corrected chi connectivity index (χ1v) is 6.24. The van der Waals surface area contributed by atoms with Crippen LogP contribution < -0.4 is 5.73 Å². The van der Waals surface area contributed by atoms with Gasteiger partial charge in [0.05, 0.1) is 12.5 Å². The summed E-state index contributed by atoms with van der Waals surface area (Å²) in [5.74, 6) is 0. The Morgan fingerprint density at radius 2 is 2.19 bits per heavy atom. The van der Waals surface area contributed by atoms with Crippen LogP contribution in [0, 0.1) is 0 Å². The molecule has 1 aromatic rings. The zero-order chi connectivity index (χ0) is 11.4. The number of rotatable bonds is 3. The maximum Gasteiger partial charge on any atom is 0.0947 e. The Labute approximate surface area is 97.6 Å². The summed E-state index contributed by atoms with van der Waals surface area (Å²) in [6, 6.07) is 2.88. The monoisotopic (exact) mass is 222 g/mol. The summed E-state index contributed by atoms with van der Waals surface area (Å²) < 4.78 is 5.10. The van der Waals surface area contributed by atoms with Crippen molar-refractivity contribution in [1.82, 2.24) is 4.90 Å². The van der Waals surface area contributed by atoms with Gasteiger partial charge in [0.1, 0.15) is 0 Å². The summed E-state index contributed by atoms with van der Waals surface area (Å²) in [6.45, 7) is 0.939. The van der Waals surface area contributed by atoms with E-state index in [1.165, 1.54) is 37.7 Å². The Balaban J connectivity index is 1.94. The molecule has 16 heavy (non-hydrogen) atoms. The number of hydrogen-bond donors (Lipinski definition) is 1. The van der Waals surface area contributed by atoms with Crippen molar-refractivity contribution in [2.45, 2.75) is 50.7 Å². The van der Waals surface area contributed by atoms with Gasteiger partial charge in [-0.1, -0.05) is 19.3 Å². The summed E-state index contributed by atoms with van der Waals surface area (Å²) >= 11 is 0. The van der Waals surface area contributed by atoms with E-state index in [-0.39, 0.29) is 0 Å². The van der Waals surface area contributed by atoms with Gasteiger partial charge in [0.25, 0.3) is 0 Å². The van der Waals surface area contributed by atoms with E-state index in [2.05, 4.69) is 11.9 Å². The molecule has 3 heteroatoms. The van der Waals surface area contributed by atoms with Crippen molar-refractivity contribution in [1.29, 1.82) is 0 Å². The SMILES string of the molecule is CN(Cc1ccoc1)C1CCCCCC1N. The molecule has 2 rings (SSSR count). The lowest BCUT2D eigenvalue weighted by Crippen LogP contribution is -2.44. The van der Waals surface area contributed by atoms with Gasteiger partial charge in [-0.2, -0.15) is 0 Å². The first-order chi connectivity index (χ1) is 7.77. The largest absolute Gasteiger partial charge is 0.472 e. The van der Waals surface area contributed by atoms with Gasteiger partial charge in [0.15, 0.2) is 0 Å². The Morgan fingerprint density at radius 3 is 2.94 bits per heavy atom. The van der Waals surface area contributed by atoms with Gasteiger partial charge in [-0.15, -0.1) is 0 Å². The van der Waals surface area contributed by atoms with E-state index in [0.717, 1.165) is 6.54 Å². The van der Waals surface area contributed by atoms with Crippen LogP contribution in [0.2, 0.25) is 0 Å². The normalized spacial score (nSPS) is 26.9. The van der Waals surface area contributed by atoms with Crippen LogP contribution in [-0.4, -0.2) is 24.0 Å². The quantitative estimate of drug-likeness (QED) is 0.798. The molecule has 90 valence electrons.